The minimum Gasteiger partial charge on any atom is -0.303 e. The fourth-order valence-electron chi connectivity index (χ4n) is 1.25. The van der Waals surface area contributed by atoms with Gasteiger partial charge in [0.2, 0.25) is 0 Å². The number of rotatable bonds is 1. The van der Waals surface area contributed by atoms with E-state index in [4.69, 9.17) is 0 Å². The van der Waals surface area contributed by atoms with E-state index in [-0.39, 0.29) is 0 Å². The van der Waals surface area contributed by atoms with E-state index in [1.807, 2.05) is 0 Å². The van der Waals surface area contributed by atoms with Crippen molar-refractivity contribution < 1.29 is 4.79 Å². The van der Waals surface area contributed by atoms with Crippen molar-refractivity contribution in [2.24, 2.45) is 11.8 Å². The third-order valence-corrected chi connectivity index (χ3v) is 1.77. The molecule has 9 heavy (non-hydrogen) atoms. The summed E-state index contributed by atoms with van der Waals surface area (Å²) in [5.74, 6) is 0.902. The van der Waals surface area contributed by atoms with Crippen LogP contribution in [0.25, 0.3) is 0 Å². The van der Waals surface area contributed by atoms with Crippen LogP contribution in [0.1, 0.15) is 19.8 Å². The highest BCUT2D eigenvalue weighted by Crippen LogP contribution is 2.20. The number of allylic oxidation sites excluding steroid dienone is 2. The predicted molar refractivity (Wildman–Crippen MR) is 37.1 cm³/mol. The molecule has 0 aliphatic heterocycles. The number of hydrogen-bond acceptors (Lipinski definition) is 1. The van der Waals surface area contributed by atoms with Gasteiger partial charge in [0.05, 0.1) is 0 Å². The van der Waals surface area contributed by atoms with Crippen LogP contribution in [0.3, 0.4) is 0 Å². The molecule has 0 aromatic rings. The molecular weight excluding hydrogens is 112 g/mol. The normalized spacial score (nSPS) is 34.3. The fourth-order valence-corrected chi connectivity index (χ4v) is 1.25. The van der Waals surface area contributed by atoms with Gasteiger partial charge in [0.25, 0.3) is 0 Å². The molecule has 0 amide bonds. The lowest BCUT2D eigenvalue weighted by Crippen LogP contribution is -2.09. The highest BCUT2D eigenvalue weighted by molar-refractivity contribution is 5.54. The molecule has 2 unspecified atom stereocenters. The Morgan fingerprint density at radius 3 is 2.89 bits per heavy atom. The summed E-state index contributed by atoms with van der Waals surface area (Å²) in [6, 6.07) is 0. The minimum absolute atomic E-state index is 0.296. The maximum absolute atomic E-state index is 10.3. The third-order valence-electron chi connectivity index (χ3n) is 1.77. The molecule has 0 saturated heterocycles. The first-order chi connectivity index (χ1) is 4.33. The van der Waals surface area contributed by atoms with Crippen molar-refractivity contribution in [1.29, 1.82) is 0 Å². The molecule has 1 nitrogen and oxygen atoms in total. The van der Waals surface area contributed by atoms with Gasteiger partial charge in [-0.25, -0.2) is 0 Å². The van der Waals surface area contributed by atoms with E-state index in [9.17, 15) is 4.79 Å². The Morgan fingerprint density at radius 1 is 1.67 bits per heavy atom. The number of aldehydes is 1. The Bertz CT molecular complexity index is 127. The Morgan fingerprint density at radius 2 is 2.44 bits per heavy atom. The van der Waals surface area contributed by atoms with Gasteiger partial charge in [0, 0.05) is 5.92 Å². The van der Waals surface area contributed by atoms with E-state index < -0.39 is 0 Å². The van der Waals surface area contributed by atoms with Crippen molar-refractivity contribution in [3.05, 3.63) is 12.2 Å². The van der Waals surface area contributed by atoms with Gasteiger partial charge in [-0.1, -0.05) is 19.1 Å². The Balaban J connectivity index is 2.46. The fraction of sp³-hybridized carbons (Fsp3) is 0.625. The van der Waals surface area contributed by atoms with Crippen molar-refractivity contribution >= 4 is 6.29 Å². The lowest BCUT2D eigenvalue weighted by molar-refractivity contribution is -0.111. The van der Waals surface area contributed by atoms with Gasteiger partial charge in [0.15, 0.2) is 0 Å². The molecule has 0 saturated carbocycles. The molecule has 1 rings (SSSR count). The van der Waals surface area contributed by atoms with E-state index in [1.54, 1.807) is 0 Å². The molecule has 0 N–H and O–H groups in total. The van der Waals surface area contributed by atoms with Crippen molar-refractivity contribution in [3.8, 4) is 0 Å². The van der Waals surface area contributed by atoms with Crippen LogP contribution in [0.15, 0.2) is 12.2 Å². The lowest BCUT2D eigenvalue weighted by atomic mass is 9.89. The van der Waals surface area contributed by atoms with E-state index in [2.05, 4.69) is 19.1 Å². The van der Waals surface area contributed by atoms with Gasteiger partial charge in [-0.05, 0) is 18.8 Å². The van der Waals surface area contributed by atoms with Crippen molar-refractivity contribution in [2.75, 3.05) is 0 Å². The van der Waals surface area contributed by atoms with E-state index in [1.165, 1.54) is 0 Å². The molecule has 0 bridgehead atoms. The van der Waals surface area contributed by atoms with Gasteiger partial charge in [-0.15, -0.1) is 0 Å². The molecule has 0 fully saturated rings. The van der Waals surface area contributed by atoms with Crippen LogP contribution in [0.4, 0.5) is 0 Å². The monoisotopic (exact) mass is 124 g/mol. The average molecular weight is 124 g/mol. The second kappa shape index (κ2) is 2.81. The smallest absolute Gasteiger partial charge is 0.123 e. The summed E-state index contributed by atoms with van der Waals surface area (Å²) in [4.78, 5) is 10.3. The first-order valence-electron chi connectivity index (χ1n) is 3.45. The molecule has 0 spiro atoms. The van der Waals surface area contributed by atoms with Crippen molar-refractivity contribution in [3.63, 3.8) is 0 Å². The van der Waals surface area contributed by atoms with Gasteiger partial charge < -0.3 is 4.79 Å². The standard InChI is InChI=1S/C8H12O/c1-7-3-2-4-8(5-7)6-9/h2-3,6-8H,4-5H2,1H3. The summed E-state index contributed by atoms with van der Waals surface area (Å²) in [7, 11) is 0. The molecule has 0 aromatic heterocycles. The molecule has 0 radical (unpaired) electrons. The van der Waals surface area contributed by atoms with Crippen LogP contribution in [-0.2, 0) is 4.79 Å². The van der Waals surface area contributed by atoms with E-state index in [0.717, 1.165) is 19.1 Å². The Kier molecular flexibility index (Phi) is 2.04. The maximum atomic E-state index is 10.3. The first kappa shape index (κ1) is 6.53. The van der Waals surface area contributed by atoms with Crippen molar-refractivity contribution in [2.45, 2.75) is 19.8 Å². The first-order valence-corrected chi connectivity index (χ1v) is 3.45. The SMILES string of the molecule is CC1C=CCC(C=O)C1. The highest BCUT2D eigenvalue weighted by atomic mass is 16.1. The van der Waals surface area contributed by atoms with Gasteiger partial charge in [0.1, 0.15) is 6.29 Å². The molecular formula is C8H12O. The van der Waals surface area contributed by atoms with Crippen molar-refractivity contribution in [1.82, 2.24) is 0 Å². The van der Waals surface area contributed by atoms with Crippen LogP contribution in [0.5, 0.6) is 0 Å². The third kappa shape index (κ3) is 1.67. The van der Waals surface area contributed by atoms with Crippen LogP contribution < -0.4 is 0 Å². The summed E-state index contributed by atoms with van der Waals surface area (Å²) < 4.78 is 0. The van der Waals surface area contributed by atoms with E-state index in [0.29, 0.717) is 11.8 Å². The number of hydrogen-bond donors (Lipinski definition) is 0. The predicted octanol–water partition coefficient (Wildman–Crippen LogP) is 1.79. The van der Waals surface area contributed by atoms with Gasteiger partial charge in [-0.3, -0.25) is 0 Å². The number of carbonyl (C=O) groups is 1. The van der Waals surface area contributed by atoms with E-state index >= 15 is 0 Å². The largest absolute Gasteiger partial charge is 0.303 e. The topological polar surface area (TPSA) is 17.1 Å². The molecule has 1 aliphatic carbocycles. The van der Waals surface area contributed by atoms with Crippen LogP contribution in [-0.4, -0.2) is 6.29 Å². The summed E-state index contributed by atoms with van der Waals surface area (Å²) in [6.07, 6.45) is 7.35. The lowest BCUT2D eigenvalue weighted by Gasteiger charge is -2.15. The molecule has 1 aliphatic rings. The highest BCUT2D eigenvalue weighted by Gasteiger charge is 2.12. The second-order valence-corrected chi connectivity index (χ2v) is 2.77. The summed E-state index contributed by atoms with van der Waals surface area (Å²) in [5.41, 5.74) is 0. The summed E-state index contributed by atoms with van der Waals surface area (Å²) >= 11 is 0. The molecule has 1 heteroatoms. The molecule has 50 valence electrons. The zero-order valence-corrected chi connectivity index (χ0v) is 5.71. The molecule has 0 aromatic carbocycles. The zero-order chi connectivity index (χ0) is 6.69. The summed E-state index contributed by atoms with van der Waals surface area (Å²) in [5, 5.41) is 0. The second-order valence-electron chi connectivity index (χ2n) is 2.77. The molecule has 0 heterocycles. The maximum Gasteiger partial charge on any atom is 0.123 e. The quantitative estimate of drug-likeness (QED) is 0.384. The number of carbonyl (C=O) groups excluding carboxylic acids is 1. The van der Waals surface area contributed by atoms with Crippen LogP contribution in [0, 0.1) is 11.8 Å². The average Bonchev–Trinajstić information content (AvgIpc) is 1.88. The molecule has 2 atom stereocenters. The zero-order valence-electron chi connectivity index (χ0n) is 5.71. The summed E-state index contributed by atoms with van der Waals surface area (Å²) in [6.45, 7) is 2.14. The minimum atomic E-state index is 0.296. The van der Waals surface area contributed by atoms with Gasteiger partial charge >= 0.3 is 0 Å². The van der Waals surface area contributed by atoms with Crippen LogP contribution >= 0.6 is 0 Å². The van der Waals surface area contributed by atoms with Crippen LogP contribution in [0.2, 0.25) is 0 Å². The Labute approximate surface area is 55.8 Å². The van der Waals surface area contributed by atoms with Gasteiger partial charge in [-0.2, -0.15) is 0 Å². The Hall–Kier alpha value is -0.590.